The monoisotopic (exact) mass is 256 g/mol. The van der Waals surface area contributed by atoms with Crippen molar-refractivity contribution in [2.75, 3.05) is 0 Å². The van der Waals surface area contributed by atoms with Gasteiger partial charge in [-0.25, -0.2) is 0 Å². The normalized spacial score (nSPS) is 27.8. The molecule has 0 heterocycles. The van der Waals surface area contributed by atoms with E-state index < -0.39 is 11.9 Å². The van der Waals surface area contributed by atoms with E-state index in [2.05, 4.69) is 0 Å². The SMILES string of the molecule is O=C(O)C1CCCCCC(C(=O)O)CCCCC1. The standard InChI is InChI=1S/C14H24O4/c15-13(16)11-7-3-1-4-8-12(14(17)18)10-6-2-5-9-11/h11-12H,1-10H2,(H,15,16)(H,17,18). The average Bonchev–Trinajstić information content (AvgIpc) is 2.28. The molecule has 0 aliphatic heterocycles. The van der Waals surface area contributed by atoms with E-state index in [4.69, 9.17) is 10.2 Å². The summed E-state index contributed by atoms with van der Waals surface area (Å²) in [6, 6.07) is 0. The highest BCUT2D eigenvalue weighted by Crippen LogP contribution is 2.23. The van der Waals surface area contributed by atoms with Gasteiger partial charge in [-0.05, 0) is 25.7 Å². The van der Waals surface area contributed by atoms with Crippen LogP contribution in [0.2, 0.25) is 0 Å². The van der Waals surface area contributed by atoms with Gasteiger partial charge in [0.2, 0.25) is 0 Å². The second-order valence-electron chi connectivity index (χ2n) is 5.35. The van der Waals surface area contributed by atoms with Crippen LogP contribution in [0.4, 0.5) is 0 Å². The highest BCUT2D eigenvalue weighted by molar-refractivity contribution is 5.70. The molecule has 4 nitrogen and oxygen atoms in total. The second-order valence-corrected chi connectivity index (χ2v) is 5.35. The lowest BCUT2D eigenvalue weighted by molar-refractivity contribution is -0.142. The Bertz CT molecular complexity index is 235. The van der Waals surface area contributed by atoms with Crippen LogP contribution in [0, 0.1) is 11.8 Å². The number of carboxylic acid groups (broad SMARTS) is 2. The van der Waals surface area contributed by atoms with Gasteiger partial charge < -0.3 is 10.2 Å². The summed E-state index contributed by atoms with van der Waals surface area (Å²) in [4.78, 5) is 22.1. The number of carboxylic acids is 2. The molecule has 1 saturated carbocycles. The Kier molecular flexibility index (Phi) is 6.76. The third kappa shape index (κ3) is 5.52. The van der Waals surface area contributed by atoms with Crippen LogP contribution >= 0.6 is 0 Å². The fraction of sp³-hybridized carbons (Fsp3) is 0.857. The molecule has 1 aliphatic rings. The van der Waals surface area contributed by atoms with Crippen molar-refractivity contribution in [1.29, 1.82) is 0 Å². The molecule has 0 aromatic rings. The Morgan fingerprint density at radius 3 is 1.11 bits per heavy atom. The summed E-state index contributed by atoms with van der Waals surface area (Å²) in [6.07, 6.45) is 8.50. The van der Waals surface area contributed by atoms with E-state index in [1.54, 1.807) is 0 Å². The first-order valence-electron chi connectivity index (χ1n) is 7.07. The quantitative estimate of drug-likeness (QED) is 0.795. The molecule has 0 radical (unpaired) electrons. The number of rotatable bonds is 2. The fourth-order valence-corrected chi connectivity index (χ4v) is 2.70. The lowest BCUT2D eigenvalue weighted by atomic mass is 9.90. The van der Waals surface area contributed by atoms with Gasteiger partial charge in [0, 0.05) is 0 Å². The van der Waals surface area contributed by atoms with Gasteiger partial charge in [-0.3, -0.25) is 9.59 Å². The van der Waals surface area contributed by atoms with E-state index in [1.165, 1.54) is 0 Å². The third-order valence-corrected chi connectivity index (χ3v) is 3.91. The molecule has 1 rings (SSSR count). The van der Waals surface area contributed by atoms with Crippen molar-refractivity contribution < 1.29 is 19.8 Å². The Morgan fingerprint density at radius 1 is 0.611 bits per heavy atom. The molecule has 1 aliphatic carbocycles. The highest BCUT2D eigenvalue weighted by Gasteiger charge is 2.20. The Labute approximate surface area is 108 Å². The van der Waals surface area contributed by atoms with Crippen molar-refractivity contribution in [3.05, 3.63) is 0 Å². The summed E-state index contributed by atoms with van der Waals surface area (Å²) in [5.74, 6) is -1.73. The maximum Gasteiger partial charge on any atom is 0.306 e. The van der Waals surface area contributed by atoms with Gasteiger partial charge in [-0.15, -0.1) is 0 Å². The molecule has 0 aromatic carbocycles. The van der Waals surface area contributed by atoms with E-state index in [9.17, 15) is 9.59 Å². The summed E-state index contributed by atoms with van der Waals surface area (Å²) in [5.41, 5.74) is 0. The van der Waals surface area contributed by atoms with E-state index in [-0.39, 0.29) is 11.8 Å². The molecule has 4 heteroatoms. The van der Waals surface area contributed by atoms with E-state index >= 15 is 0 Å². The second kappa shape index (κ2) is 8.11. The Morgan fingerprint density at radius 2 is 0.889 bits per heavy atom. The summed E-state index contributed by atoms with van der Waals surface area (Å²) >= 11 is 0. The minimum atomic E-state index is -0.671. The molecule has 0 aromatic heterocycles. The zero-order chi connectivity index (χ0) is 13.4. The van der Waals surface area contributed by atoms with Crippen molar-refractivity contribution in [2.24, 2.45) is 11.8 Å². The maximum absolute atomic E-state index is 11.0. The van der Waals surface area contributed by atoms with E-state index in [1.807, 2.05) is 0 Å². The average molecular weight is 256 g/mol. The van der Waals surface area contributed by atoms with Gasteiger partial charge in [0.25, 0.3) is 0 Å². The van der Waals surface area contributed by atoms with E-state index in [0.717, 1.165) is 64.2 Å². The predicted molar refractivity (Wildman–Crippen MR) is 68.4 cm³/mol. The van der Waals surface area contributed by atoms with Crippen molar-refractivity contribution in [1.82, 2.24) is 0 Å². The zero-order valence-electron chi connectivity index (χ0n) is 10.9. The van der Waals surface area contributed by atoms with Crippen LogP contribution < -0.4 is 0 Å². The van der Waals surface area contributed by atoms with Crippen LogP contribution in [0.1, 0.15) is 64.2 Å². The van der Waals surface area contributed by atoms with Gasteiger partial charge in [-0.1, -0.05) is 38.5 Å². The highest BCUT2D eigenvalue weighted by atomic mass is 16.4. The maximum atomic E-state index is 11.0. The minimum Gasteiger partial charge on any atom is -0.481 e. The zero-order valence-corrected chi connectivity index (χ0v) is 10.9. The third-order valence-electron chi connectivity index (χ3n) is 3.91. The summed E-state index contributed by atoms with van der Waals surface area (Å²) in [6.45, 7) is 0. The number of hydrogen-bond donors (Lipinski definition) is 2. The number of hydrogen-bond acceptors (Lipinski definition) is 2. The molecular formula is C14H24O4. The fourth-order valence-electron chi connectivity index (χ4n) is 2.70. The molecular weight excluding hydrogens is 232 g/mol. The van der Waals surface area contributed by atoms with E-state index in [0.29, 0.717) is 0 Å². The van der Waals surface area contributed by atoms with Gasteiger partial charge in [0.05, 0.1) is 11.8 Å². The summed E-state index contributed by atoms with van der Waals surface area (Å²) < 4.78 is 0. The van der Waals surface area contributed by atoms with Crippen LogP contribution in [0.25, 0.3) is 0 Å². The molecule has 0 unspecified atom stereocenters. The van der Waals surface area contributed by atoms with Gasteiger partial charge in [0.1, 0.15) is 0 Å². The first-order chi connectivity index (χ1) is 8.61. The van der Waals surface area contributed by atoms with Crippen molar-refractivity contribution in [3.8, 4) is 0 Å². The Balaban J connectivity index is 2.42. The van der Waals surface area contributed by atoms with Crippen LogP contribution in [0.15, 0.2) is 0 Å². The molecule has 1 fully saturated rings. The largest absolute Gasteiger partial charge is 0.481 e. The smallest absolute Gasteiger partial charge is 0.306 e. The van der Waals surface area contributed by atoms with Crippen molar-refractivity contribution in [2.45, 2.75) is 64.2 Å². The molecule has 0 atom stereocenters. The van der Waals surface area contributed by atoms with Crippen molar-refractivity contribution >= 4 is 11.9 Å². The van der Waals surface area contributed by atoms with Gasteiger partial charge in [0.15, 0.2) is 0 Å². The van der Waals surface area contributed by atoms with Crippen LogP contribution in [-0.2, 0) is 9.59 Å². The molecule has 0 spiro atoms. The lowest BCUT2D eigenvalue weighted by Gasteiger charge is -2.16. The van der Waals surface area contributed by atoms with Gasteiger partial charge >= 0.3 is 11.9 Å². The first kappa shape index (κ1) is 15.0. The molecule has 0 amide bonds. The minimum absolute atomic E-state index is 0.195. The molecule has 18 heavy (non-hydrogen) atoms. The van der Waals surface area contributed by atoms with Crippen LogP contribution in [-0.4, -0.2) is 22.2 Å². The molecule has 2 N–H and O–H groups in total. The van der Waals surface area contributed by atoms with Crippen LogP contribution in [0.3, 0.4) is 0 Å². The molecule has 0 saturated heterocycles. The summed E-state index contributed by atoms with van der Waals surface area (Å²) in [5, 5.41) is 18.2. The lowest BCUT2D eigenvalue weighted by Crippen LogP contribution is -2.16. The topological polar surface area (TPSA) is 74.6 Å². The number of carbonyl (C=O) groups is 2. The summed E-state index contributed by atoms with van der Waals surface area (Å²) in [7, 11) is 0. The van der Waals surface area contributed by atoms with Gasteiger partial charge in [-0.2, -0.15) is 0 Å². The Hall–Kier alpha value is -1.06. The predicted octanol–water partition coefficient (Wildman–Crippen LogP) is 3.30. The number of aliphatic carboxylic acids is 2. The molecule has 0 bridgehead atoms. The molecule has 104 valence electrons. The van der Waals surface area contributed by atoms with Crippen molar-refractivity contribution in [3.63, 3.8) is 0 Å². The van der Waals surface area contributed by atoms with Crippen LogP contribution in [0.5, 0.6) is 0 Å². The first-order valence-corrected chi connectivity index (χ1v) is 7.07.